The van der Waals surface area contributed by atoms with Crippen molar-refractivity contribution in [2.75, 3.05) is 36.8 Å². The van der Waals surface area contributed by atoms with Gasteiger partial charge in [0.15, 0.2) is 0 Å². The number of rotatable bonds is 8. The predicted octanol–water partition coefficient (Wildman–Crippen LogP) is 4.15. The third-order valence-electron chi connectivity index (χ3n) is 7.00. The fourth-order valence-electron chi connectivity index (χ4n) is 4.80. The molecule has 12 heteroatoms. The lowest BCUT2D eigenvalue weighted by molar-refractivity contribution is 0.193. The number of nitrogens with two attached hydrogens (primary N) is 1. The van der Waals surface area contributed by atoms with Crippen LogP contribution in [0.4, 0.5) is 24.5 Å². The summed E-state index contributed by atoms with van der Waals surface area (Å²) in [5.41, 5.74) is 8.71. The Morgan fingerprint density at radius 2 is 1.85 bits per heavy atom. The van der Waals surface area contributed by atoms with Gasteiger partial charge in [0.2, 0.25) is 5.75 Å². The summed E-state index contributed by atoms with van der Waals surface area (Å²) < 4.78 is 54.1. The molecule has 1 aliphatic carbocycles. The molecule has 0 radical (unpaired) electrons. The van der Waals surface area contributed by atoms with Crippen molar-refractivity contribution < 1.29 is 17.9 Å². The lowest BCUT2D eigenvalue weighted by Crippen LogP contribution is -2.45. The highest BCUT2D eigenvalue weighted by molar-refractivity contribution is 7.95. The van der Waals surface area contributed by atoms with Crippen molar-refractivity contribution in [2.24, 2.45) is 0 Å². The van der Waals surface area contributed by atoms with Crippen LogP contribution in [-0.2, 0) is 6.54 Å². The van der Waals surface area contributed by atoms with E-state index in [1.165, 1.54) is 18.3 Å². The number of aryl methyl sites for hydroxylation is 1. The van der Waals surface area contributed by atoms with Gasteiger partial charge in [0.05, 0.1) is 11.9 Å². The lowest BCUT2D eigenvalue weighted by atomic mass is 10.1. The summed E-state index contributed by atoms with van der Waals surface area (Å²) in [5, 5.41) is 4.21. The van der Waals surface area contributed by atoms with E-state index in [2.05, 4.69) is 14.1 Å². The number of nitrogens with one attached hydrogen (secondary N) is 1. The molecule has 3 N–H and O–H groups in total. The van der Waals surface area contributed by atoms with Crippen molar-refractivity contribution in [2.45, 2.75) is 45.0 Å². The van der Waals surface area contributed by atoms with Crippen LogP contribution in [0.2, 0.25) is 0 Å². The van der Waals surface area contributed by atoms with E-state index in [9.17, 15) is 18.0 Å². The van der Waals surface area contributed by atoms with Crippen LogP contribution in [0, 0.1) is 18.6 Å². The number of nitrogen functional groups attached to an aromatic ring is 1. The summed E-state index contributed by atoms with van der Waals surface area (Å²) in [4.78, 5) is 15.5. The molecular formula is C27H31F3N6O2S. The van der Waals surface area contributed by atoms with Crippen molar-refractivity contribution in [3.05, 3.63) is 75.7 Å². The van der Waals surface area contributed by atoms with Crippen LogP contribution in [-0.4, -0.2) is 52.5 Å². The first-order valence-corrected chi connectivity index (χ1v) is 13.7. The molecule has 2 atom stereocenters. The molecule has 1 aromatic heterocycles. The Balaban J connectivity index is 1.29. The minimum absolute atomic E-state index is 0.0185. The second-order valence-electron chi connectivity index (χ2n) is 9.87. The fourth-order valence-corrected chi connectivity index (χ4v) is 5.56. The Kier molecular flexibility index (Phi) is 8.34. The van der Waals surface area contributed by atoms with Gasteiger partial charge in [-0.2, -0.15) is 9.78 Å². The monoisotopic (exact) mass is 560 g/mol. The Labute approximate surface area is 229 Å². The number of nitrogens with zero attached hydrogens (tertiary/aromatic N) is 4. The van der Waals surface area contributed by atoms with Gasteiger partial charge in [-0.05, 0) is 49.1 Å². The standard InChI is InChI=1S/C27H31F3N6O2S/c1-17-2-3-18(10-24(17)31)15-33-39-35-8-6-34(7-9-35)25-16-32-36(22-12-20(29)11-21(30)13-22)27(37)26(25)38-23-5-4-19(28)14-23/h2-3,10-13,16,19,23,33H,4-9,14-15,31H2,1H3. The highest BCUT2D eigenvalue weighted by Gasteiger charge is 2.30. The SMILES string of the molecule is Cc1ccc(CNSN2CCN(c3cnn(-c4cc(F)cc(F)c4)c(=O)c3OC3CCC(F)C3)CC2)cc1N. The maximum atomic E-state index is 13.9. The number of anilines is 2. The third-order valence-corrected chi connectivity index (χ3v) is 7.90. The molecule has 2 unspecified atom stereocenters. The summed E-state index contributed by atoms with van der Waals surface area (Å²) in [6.45, 7) is 5.22. The van der Waals surface area contributed by atoms with Gasteiger partial charge in [0.1, 0.15) is 29.6 Å². The molecule has 0 spiro atoms. The zero-order chi connectivity index (χ0) is 27.5. The molecule has 0 amide bonds. The van der Waals surface area contributed by atoms with Crippen LogP contribution in [0.15, 0.2) is 47.4 Å². The van der Waals surface area contributed by atoms with E-state index in [1.807, 2.05) is 30.0 Å². The van der Waals surface area contributed by atoms with Gasteiger partial charge in [-0.25, -0.2) is 22.2 Å². The van der Waals surface area contributed by atoms with Crippen molar-refractivity contribution in [3.63, 3.8) is 0 Å². The number of hydrogen-bond donors (Lipinski definition) is 2. The van der Waals surface area contributed by atoms with E-state index in [0.717, 1.165) is 39.7 Å². The lowest BCUT2D eigenvalue weighted by Gasteiger charge is -2.35. The summed E-state index contributed by atoms with van der Waals surface area (Å²) in [7, 11) is 0. The first-order valence-electron chi connectivity index (χ1n) is 12.9. The second kappa shape index (κ2) is 11.9. The van der Waals surface area contributed by atoms with Gasteiger partial charge in [0, 0.05) is 63.0 Å². The average Bonchev–Trinajstić information content (AvgIpc) is 3.31. The molecule has 1 aliphatic heterocycles. The molecule has 0 bridgehead atoms. The van der Waals surface area contributed by atoms with Crippen molar-refractivity contribution in [3.8, 4) is 11.4 Å². The van der Waals surface area contributed by atoms with Crippen molar-refractivity contribution >= 4 is 23.5 Å². The molecule has 1 saturated heterocycles. The van der Waals surface area contributed by atoms with E-state index in [-0.39, 0.29) is 17.9 Å². The molecule has 8 nitrogen and oxygen atoms in total. The summed E-state index contributed by atoms with van der Waals surface area (Å²) in [6, 6.07) is 8.79. The molecule has 5 rings (SSSR count). The summed E-state index contributed by atoms with van der Waals surface area (Å²) >= 11 is 1.53. The number of aromatic nitrogens is 2. The summed E-state index contributed by atoms with van der Waals surface area (Å²) in [6.07, 6.45) is 1.09. The molecule has 39 heavy (non-hydrogen) atoms. The smallest absolute Gasteiger partial charge is 0.316 e. The molecule has 2 aliphatic rings. The highest BCUT2D eigenvalue weighted by atomic mass is 32.2. The van der Waals surface area contributed by atoms with E-state index >= 15 is 0 Å². The van der Waals surface area contributed by atoms with Gasteiger partial charge < -0.3 is 15.4 Å². The molecule has 208 valence electrons. The zero-order valence-corrected chi connectivity index (χ0v) is 22.4. The van der Waals surface area contributed by atoms with E-state index in [4.69, 9.17) is 10.5 Å². The molecule has 2 aromatic carbocycles. The van der Waals surface area contributed by atoms with Crippen LogP contribution < -0.4 is 25.7 Å². The predicted molar refractivity (Wildman–Crippen MR) is 147 cm³/mol. The normalized spacial score (nSPS) is 19.9. The number of benzene rings is 2. The first kappa shape index (κ1) is 27.4. The van der Waals surface area contributed by atoms with Crippen LogP contribution >= 0.6 is 12.1 Å². The number of ether oxygens (including phenoxy) is 1. The Morgan fingerprint density at radius 3 is 2.51 bits per heavy atom. The Morgan fingerprint density at radius 1 is 1.10 bits per heavy atom. The molecule has 2 fully saturated rings. The van der Waals surface area contributed by atoms with E-state index in [0.29, 0.717) is 51.3 Å². The van der Waals surface area contributed by atoms with Crippen LogP contribution in [0.3, 0.4) is 0 Å². The zero-order valence-electron chi connectivity index (χ0n) is 21.6. The van der Waals surface area contributed by atoms with Gasteiger partial charge in [-0.3, -0.25) is 4.79 Å². The minimum atomic E-state index is -0.982. The van der Waals surface area contributed by atoms with Gasteiger partial charge >= 0.3 is 5.56 Å². The molecule has 2 heterocycles. The largest absolute Gasteiger partial charge is 0.483 e. The van der Waals surface area contributed by atoms with Gasteiger partial charge in [-0.15, -0.1) is 0 Å². The maximum absolute atomic E-state index is 13.9. The second-order valence-corrected chi connectivity index (χ2v) is 10.9. The fraction of sp³-hybridized carbons (Fsp3) is 0.407. The van der Waals surface area contributed by atoms with Gasteiger partial charge in [-0.1, -0.05) is 12.1 Å². The molecule has 1 saturated carbocycles. The van der Waals surface area contributed by atoms with Crippen molar-refractivity contribution in [1.29, 1.82) is 0 Å². The van der Waals surface area contributed by atoms with Crippen LogP contribution in [0.5, 0.6) is 5.75 Å². The average molecular weight is 561 g/mol. The topological polar surface area (TPSA) is 88.6 Å². The number of halogens is 3. The quantitative estimate of drug-likeness (QED) is 0.314. The van der Waals surface area contributed by atoms with Crippen molar-refractivity contribution in [1.82, 2.24) is 18.8 Å². The van der Waals surface area contributed by atoms with Gasteiger partial charge in [0.25, 0.3) is 0 Å². The van der Waals surface area contributed by atoms with Crippen LogP contribution in [0.1, 0.15) is 30.4 Å². The molecule has 3 aromatic rings. The number of alkyl halides is 1. The third kappa shape index (κ3) is 6.51. The Hall–Kier alpha value is -3.22. The number of piperazine rings is 1. The minimum Gasteiger partial charge on any atom is -0.483 e. The first-order chi connectivity index (χ1) is 18.8. The van der Waals surface area contributed by atoms with E-state index in [1.54, 1.807) is 0 Å². The Bertz CT molecular complexity index is 1360. The summed E-state index contributed by atoms with van der Waals surface area (Å²) in [5.74, 6) is -1.63. The highest BCUT2D eigenvalue weighted by Crippen LogP contribution is 2.31. The number of hydrogen-bond acceptors (Lipinski definition) is 8. The van der Waals surface area contributed by atoms with E-state index < -0.39 is 29.5 Å². The van der Waals surface area contributed by atoms with Crippen LogP contribution in [0.25, 0.3) is 5.69 Å². The molecular weight excluding hydrogens is 529 g/mol. The maximum Gasteiger partial charge on any atom is 0.316 e.